The summed E-state index contributed by atoms with van der Waals surface area (Å²) in [5.74, 6) is -0.0898. The lowest BCUT2D eigenvalue weighted by molar-refractivity contribution is 0.181. The second-order valence-electron chi connectivity index (χ2n) is 4.42. The van der Waals surface area contributed by atoms with Gasteiger partial charge in [-0.3, -0.25) is 4.98 Å². The van der Waals surface area contributed by atoms with Crippen molar-refractivity contribution in [3.8, 4) is 0 Å². The Kier molecular flexibility index (Phi) is 2.49. The molecule has 5 heteroatoms. The fourth-order valence-electron chi connectivity index (χ4n) is 2.28. The van der Waals surface area contributed by atoms with Gasteiger partial charge in [0.15, 0.2) is 5.58 Å². The Morgan fingerprint density at radius 2 is 2.35 bits per heavy atom. The summed E-state index contributed by atoms with van der Waals surface area (Å²) in [7, 11) is 0. The van der Waals surface area contributed by atoms with Gasteiger partial charge in [0.25, 0.3) is 0 Å². The molecule has 2 atom stereocenters. The van der Waals surface area contributed by atoms with E-state index in [1.165, 1.54) is 0 Å². The van der Waals surface area contributed by atoms with E-state index < -0.39 is 5.76 Å². The van der Waals surface area contributed by atoms with Gasteiger partial charge in [0.2, 0.25) is 0 Å². The molecule has 2 unspecified atom stereocenters. The Balaban J connectivity index is 1.96. The fraction of sp³-hybridized carbons (Fsp3) is 0.417. The third-order valence-electron chi connectivity index (χ3n) is 3.30. The molecule has 0 aliphatic carbocycles. The lowest BCUT2D eigenvalue weighted by Gasteiger charge is -2.17. The van der Waals surface area contributed by atoms with E-state index in [1.54, 1.807) is 0 Å². The number of nitrogens with two attached hydrogens (primary N) is 1. The molecule has 1 aliphatic rings. The van der Waals surface area contributed by atoms with Crippen molar-refractivity contribution in [1.29, 1.82) is 0 Å². The first-order chi connectivity index (χ1) is 8.24. The topological polar surface area (TPSA) is 81.3 Å². The van der Waals surface area contributed by atoms with E-state index in [0.717, 1.165) is 18.6 Å². The lowest BCUT2D eigenvalue weighted by Crippen LogP contribution is -2.21. The van der Waals surface area contributed by atoms with Crippen molar-refractivity contribution in [3.63, 3.8) is 0 Å². The normalized spacial score (nSPS) is 22.1. The number of ether oxygens (including phenoxy) is 1. The molecule has 0 spiro atoms. The summed E-state index contributed by atoms with van der Waals surface area (Å²) in [5.41, 5.74) is 8.43. The summed E-state index contributed by atoms with van der Waals surface area (Å²) in [5, 5.41) is 0. The Hall–Kier alpha value is -1.59. The van der Waals surface area contributed by atoms with Gasteiger partial charge in [0.1, 0.15) is 0 Å². The number of H-pyrrole nitrogens is 1. The van der Waals surface area contributed by atoms with Crippen molar-refractivity contribution < 1.29 is 9.15 Å². The van der Waals surface area contributed by atoms with Gasteiger partial charge >= 0.3 is 5.76 Å². The van der Waals surface area contributed by atoms with Gasteiger partial charge in [-0.2, -0.15) is 0 Å². The predicted molar refractivity (Wildman–Crippen MR) is 62.7 cm³/mol. The van der Waals surface area contributed by atoms with Crippen molar-refractivity contribution in [1.82, 2.24) is 4.98 Å². The van der Waals surface area contributed by atoms with E-state index in [1.807, 2.05) is 18.2 Å². The number of hydrogen-bond donors (Lipinski definition) is 2. The van der Waals surface area contributed by atoms with Gasteiger partial charge in [-0.25, -0.2) is 4.79 Å². The Morgan fingerprint density at radius 3 is 3.12 bits per heavy atom. The summed E-state index contributed by atoms with van der Waals surface area (Å²) >= 11 is 0. The Labute approximate surface area is 97.6 Å². The summed E-state index contributed by atoms with van der Waals surface area (Å²) in [6.07, 6.45) is 0.982. The maximum Gasteiger partial charge on any atom is 0.417 e. The van der Waals surface area contributed by atoms with Crippen molar-refractivity contribution in [3.05, 3.63) is 34.3 Å². The minimum Gasteiger partial charge on any atom is -0.408 e. The number of benzene rings is 1. The highest BCUT2D eigenvalue weighted by atomic mass is 16.5. The predicted octanol–water partition coefficient (Wildman–Crippen LogP) is 1.16. The molecule has 1 aromatic carbocycles. The maximum absolute atomic E-state index is 11.1. The van der Waals surface area contributed by atoms with Crippen LogP contribution in [0.2, 0.25) is 0 Å². The number of oxazole rings is 1. The molecule has 0 saturated carbocycles. The van der Waals surface area contributed by atoms with E-state index in [2.05, 4.69) is 4.98 Å². The summed E-state index contributed by atoms with van der Waals surface area (Å²) in [6, 6.07) is 5.51. The Morgan fingerprint density at radius 1 is 1.47 bits per heavy atom. The molecule has 90 valence electrons. The minimum atomic E-state index is -0.435. The lowest BCUT2D eigenvalue weighted by atomic mass is 9.93. The highest BCUT2D eigenvalue weighted by Gasteiger charge is 2.24. The fourth-order valence-corrected chi connectivity index (χ4v) is 2.28. The molecule has 1 fully saturated rings. The number of fused-ring (bicyclic) bond motifs is 1. The van der Waals surface area contributed by atoms with Crippen LogP contribution in [0.1, 0.15) is 18.0 Å². The van der Waals surface area contributed by atoms with Gasteiger partial charge in [-0.15, -0.1) is 0 Å². The summed E-state index contributed by atoms with van der Waals surface area (Å²) in [4.78, 5) is 13.7. The number of aromatic nitrogens is 1. The van der Waals surface area contributed by atoms with Crippen molar-refractivity contribution in [2.24, 2.45) is 11.7 Å². The van der Waals surface area contributed by atoms with E-state index in [9.17, 15) is 4.79 Å². The van der Waals surface area contributed by atoms with Crippen LogP contribution in [0.15, 0.2) is 27.4 Å². The average molecular weight is 234 g/mol. The first kappa shape index (κ1) is 10.6. The van der Waals surface area contributed by atoms with Crippen LogP contribution in [0.4, 0.5) is 0 Å². The monoisotopic (exact) mass is 234 g/mol. The number of nitrogens with one attached hydrogen (secondary N) is 1. The number of rotatable bonds is 2. The van der Waals surface area contributed by atoms with Crippen molar-refractivity contribution in [2.45, 2.75) is 12.5 Å². The average Bonchev–Trinajstić information content (AvgIpc) is 2.94. The second-order valence-corrected chi connectivity index (χ2v) is 4.42. The zero-order valence-electron chi connectivity index (χ0n) is 9.31. The first-order valence-electron chi connectivity index (χ1n) is 5.70. The van der Waals surface area contributed by atoms with Gasteiger partial charge in [0, 0.05) is 18.6 Å². The molecule has 2 aromatic rings. The smallest absolute Gasteiger partial charge is 0.408 e. The van der Waals surface area contributed by atoms with Crippen LogP contribution in [-0.2, 0) is 4.74 Å². The molecular formula is C12H14N2O3. The van der Waals surface area contributed by atoms with Crippen LogP contribution in [0.25, 0.3) is 11.1 Å². The van der Waals surface area contributed by atoms with E-state index in [-0.39, 0.29) is 6.04 Å². The quantitative estimate of drug-likeness (QED) is 0.816. The third kappa shape index (κ3) is 1.87. The number of hydrogen-bond acceptors (Lipinski definition) is 4. The Bertz CT molecular complexity index is 581. The molecular weight excluding hydrogens is 220 g/mol. The van der Waals surface area contributed by atoms with Gasteiger partial charge in [-0.05, 0) is 24.1 Å². The standard InChI is InChI=1S/C12H14N2O3/c13-11(8-3-4-16-6-8)7-1-2-9-10(5-7)17-12(15)14-9/h1-2,5,8,11H,3-4,6,13H2,(H,14,15). The molecule has 1 saturated heterocycles. The molecule has 0 radical (unpaired) electrons. The first-order valence-corrected chi connectivity index (χ1v) is 5.70. The maximum atomic E-state index is 11.1. The van der Waals surface area contributed by atoms with Gasteiger partial charge in [0.05, 0.1) is 12.1 Å². The van der Waals surface area contributed by atoms with Crippen LogP contribution < -0.4 is 11.5 Å². The van der Waals surface area contributed by atoms with Crippen LogP contribution in [0.5, 0.6) is 0 Å². The third-order valence-corrected chi connectivity index (χ3v) is 3.30. The van der Waals surface area contributed by atoms with Gasteiger partial charge < -0.3 is 14.9 Å². The minimum absolute atomic E-state index is 0.0675. The van der Waals surface area contributed by atoms with E-state index >= 15 is 0 Å². The van der Waals surface area contributed by atoms with Crippen LogP contribution in [0.3, 0.4) is 0 Å². The van der Waals surface area contributed by atoms with Gasteiger partial charge in [-0.1, -0.05) is 6.07 Å². The molecule has 3 N–H and O–H groups in total. The van der Waals surface area contributed by atoms with Crippen molar-refractivity contribution >= 4 is 11.1 Å². The van der Waals surface area contributed by atoms with Crippen LogP contribution >= 0.6 is 0 Å². The van der Waals surface area contributed by atoms with Crippen molar-refractivity contribution in [2.75, 3.05) is 13.2 Å². The molecule has 3 rings (SSSR count). The second kappa shape index (κ2) is 4.01. The van der Waals surface area contributed by atoms with E-state index in [0.29, 0.717) is 23.6 Å². The number of aromatic amines is 1. The molecule has 5 nitrogen and oxygen atoms in total. The molecule has 1 aromatic heterocycles. The molecule has 1 aliphatic heterocycles. The van der Waals surface area contributed by atoms with Crippen LogP contribution in [0, 0.1) is 5.92 Å². The summed E-state index contributed by atoms with van der Waals surface area (Å²) in [6.45, 7) is 1.48. The molecule has 0 amide bonds. The zero-order valence-corrected chi connectivity index (χ0v) is 9.31. The van der Waals surface area contributed by atoms with E-state index in [4.69, 9.17) is 14.9 Å². The molecule has 2 heterocycles. The highest BCUT2D eigenvalue weighted by Crippen LogP contribution is 2.28. The SMILES string of the molecule is NC(c1ccc2[nH]c(=O)oc2c1)C1CCOC1. The molecule has 0 bridgehead atoms. The largest absolute Gasteiger partial charge is 0.417 e. The molecule has 17 heavy (non-hydrogen) atoms. The summed E-state index contributed by atoms with van der Waals surface area (Å²) < 4.78 is 10.4. The zero-order chi connectivity index (χ0) is 11.8. The highest BCUT2D eigenvalue weighted by molar-refractivity contribution is 5.72. The van der Waals surface area contributed by atoms with Crippen LogP contribution in [-0.4, -0.2) is 18.2 Å².